The van der Waals surface area contributed by atoms with E-state index in [9.17, 15) is 0 Å². The molecule has 0 saturated carbocycles. The molecule has 36 heavy (non-hydrogen) atoms. The number of hydrogen-bond donors (Lipinski definition) is 0. The molecule has 0 aromatic heterocycles. The molecule has 0 radical (unpaired) electrons. The average molecular weight is 509 g/mol. The van der Waals surface area contributed by atoms with E-state index in [4.69, 9.17) is 23.4 Å². The Kier molecular flexibility index (Phi) is 6.81. The Morgan fingerprint density at radius 1 is 0.889 bits per heavy atom. The molecular formula is C30H40O5Si. The Morgan fingerprint density at radius 2 is 1.50 bits per heavy atom. The summed E-state index contributed by atoms with van der Waals surface area (Å²) in [4.78, 5) is 0. The summed E-state index contributed by atoms with van der Waals surface area (Å²) in [7, 11) is -2.68. The van der Waals surface area contributed by atoms with Gasteiger partial charge in [-0.15, -0.1) is 0 Å². The van der Waals surface area contributed by atoms with Crippen LogP contribution in [-0.4, -0.2) is 50.9 Å². The van der Waals surface area contributed by atoms with E-state index in [1.807, 2.05) is 19.9 Å². The topological polar surface area (TPSA) is 46.2 Å². The molecule has 2 aromatic rings. The van der Waals surface area contributed by atoms with Crippen molar-refractivity contribution in [1.29, 1.82) is 0 Å². The van der Waals surface area contributed by atoms with Crippen LogP contribution in [0.15, 0.2) is 72.8 Å². The largest absolute Gasteiger partial charge is 0.405 e. The van der Waals surface area contributed by atoms with Crippen LogP contribution in [0, 0.1) is 0 Å². The Bertz CT molecular complexity index is 1020. The zero-order chi connectivity index (χ0) is 25.6. The van der Waals surface area contributed by atoms with Gasteiger partial charge in [0.25, 0.3) is 8.32 Å². The summed E-state index contributed by atoms with van der Waals surface area (Å²) < 4.78 is 33.1. The molecule has 0 bridgehead atoms. The van der Waals surface area contributed by atoms with Gasteiger partial charge in [0, 0.05) is 6.42 Å². The molecule has 0 aliphatic carbocycles. The lowest BCUT2D eigenvalue weighted by molar-refractivity contribution is -0.320. The lowest BCUT2D eigenvalue weighted by atomic mass is 9.93. The van der Waals surface area contributed by atoms with E-state index in [1.165, 1.54) is 10.4 Å². The van der Waals surface area contributed by atoms with Crippen molar-refractivity contribution < 1.29 is 23.4 Å². The summed E-state index contributed by atoms with van der Waals surface area (Å²) in [6.07, 6.45) is 5.14. The van der Waals surface area contributed by atoms with Crippen molar-refractivity contribution in [2.75, 3.05) is 6.61 Å². The van der Waals surface area contributed by atoms with E-state index in [0.717, 1.165) is 6.42 Å². The van der Waals surface area contributed by atoms with E-state index < -0.39 is 19.9 Å². The first-order valence-electron chi connectivity index (χ1n) is 13.2. The van der Waals surface area contributed by atoms with Crippen LogP contribution in [0.25, 0.3) is 0 Å². The molecule has 3 aliphatic heterocycles. The quantitative estimate of drug-likeness (QED) is 0.423. The highest BCUT2D eigenvalue weighted by Crippen LogP contribution is 2.46. The summed E-state index contributed by atoms with van der Waals surface area (Å²) >= 11 is 0. The standard InChI is InChI=1S/C30H40O5Si/c1-22-14-13-19-30(32-22)27-26(34-29(5,6)35-27)20-23(33-30)21-31-36(28(2,3)4,24-15-9-7-10-16-24)25-17-11-8-12-18-25/h7-13,15-19,22-23,26-27H,14,20-21H2,1-6H3/t22-,23?,26?,27?,30?/m0/s1. The Balaban J connectivity index is 1.49. The minimum Gasteiger partial charge on any atom is -0.405 e. The van der Waals surface area contributed by atoms with E-state index in [2.05, 4.69) is 94.4 Å². The Hall–Kier alpha value is -1.80. The van der Waals surface area contributed by atoms with Gasteiger partial charge in [-0.25, -0.2) is 0 Å². The van der Waals surface area contributed by atoms with Gasteiger partial charge < -0.3 is 23.4 Å². The zero-order valence-corrected chi connectivity index (χ0v) is 23.4. The second kappa shape index (κ2) is 9.50. The van der Waals surface area contributed by atoms with E-state index in [1.54, 1.807) is 0 Å². The summed E-state index contributed by atoms with van der Waals surface area (Å²) in [6.45, 7) is 13.3. The second-order valence-electron chi connectivity index (χ2n) is 11.8. The first kappa shape index (κ1) is 25.8. The van der Waals surface area contributed by atoms with E-state index >= 15 is 0 Å². The molecule has 1 spiro atoms. The van der Waals surface area contributed by atoms with Crippen LogP contribution in [0.4, 0.5) is 0 Å². The fraction of sp³-hybridized carbons (Fsp3) is 0.533. The van der Waals surface area contributed by atoms with Gasteiger partial charge in [-0.2, -0.15) is 0 Å². The lowest BCUT2D eigenvalue weighted by Gasteiger charge is -2.48. The van der Waals surface area contributed by atoms with Crippen LogP contribution in [-0.2, 0) is 23.4 Å². The van der Waals surface area contributed by atoms with Crippen LogP contribution >= 0.6 is 0 Å². The van der Waals surface area contributed by atoms with Gasteiger partial charge in [0.1, 0.15) is 6.10 Å². The summed E-state index contributed by atoms with van der Waals surface area (Å²) in [6, 6.07) is 21.4. The molecule has 0 amide bonds. The smallest absolute Gasteiger partial charge is 0.261 e. The monoisotopic (exact) mass is 508 g/mol. The Labute approximate surface area is 216 Å². The SMILES string of the molecule is C[C@H]1CC=CC2(OC(CO[Si](c3ccccc3)(c3ccccc3)C(C)(C)C)CC3OC(C)(C)OC32)O1. The molecule has 3 heterocycles. The number of rotatable bonds is 5. The lowest BCUT2D eigenvalue weighted by Crippen LogP contribution is -2.67. The number of ether oxygens (including phenoxy) is 4. The summed E-state index contributed by atoms with van der Waals surface area (Å²) in [5.74, 6) is -1.65. The van der Waals surface area contributed by atoms with Crippen molar-refractivity contribution in [2.24, 2.45) is 0 Å². The molecule has 2 aromatic carbocycles. The van der Waals surface area contributed by atoms with Crippen molar-refractivity contribution in [3.05, 3.63) is 72.8 Å². The number of hydrogen-bond acceptors (Lipinski definition) is 5. The minimum absolute atomic E-state index is 0.0410. The second-order valence-corrected chi connectivity index (χ2v) is 16.1. The molecule has 194 valence electrons. The highest BCUT2D eigenvalue weighted by molar-refractivity contribution is 6.99. The van der Waals surface area contributed by atoms with Gasteiger partial charge in [0.2, 0.25) is 5.79 Å². The average Bonchev–Trinajstić information content (AvgIpc) is 3.15. The molecule has 2 saturated heterocycles. The van der Waals surface area contributed by atoms with Crippen molar-refractivity contribution in [3.8, 4) is 0 Å². The maximum Gasteiger partial charge on any atom is 0.261 e. The van der Waals surface area contributed by atoms with E-state index in [0.29, 0.717) is 13.0 Å². The predicted molar refractivity (Wildman–Crippen MR) is 144 cm³/mol. The number of fused-ring (bicyclic) bond motifs is 2. The van der Waals surface area contributed by atoms with Crippen LogP contribution in [0.3, 0.4) is 0 Å². The summed E-state index contributed by atoms with van der Waals surface area (Å²) in [5, 5.41) is 2.42. The van der Waals surface area contributed by atoms with Gasteiger partial charge >= 0.3 is 0 Å². The molecule has 5 atom stereocenters. The summed E-state index contributed by atoms with van der Waals surface area (Å²) in [5.41, 5.74) is 0. The van der Waals surface area contributed by atoms with Gasteiger partial charge in [0.05, 0.1) is 24.9 Å². The molecule has 3 aliphatic rings. The minimum atomic E-state index is -2.68. The number of benzene rings is 2. The highest BCUT2D eigenvalue weighted by Gasteiger charge is 2.59. The zero-order valence-electron chi connectivity index (χ0n) is 22.4. The third-order valence-corrected chi connectivity index (χ3v) is 12.5. The molecule has 2 fully saturated rings. The van der Waals surface area contributed by atoms with Crippen molar-refractivity contribution in [3.63, 3.8) is 0 Å². The van der Waals surface area contributed by atoms with Crippen molar-refractivity contribution in [1.82, 2.24) is 0 Å². The van der Waals surface area contributed by atoms with Crippen LogP contribution in [0.5, 0.6) is 0 Å². The highest BCUT2D eigenvalue weighted by atomic mass is 28.4. The molecule has 6 heteroatoms. The third kappa shape index (κ3) is 4.64. The fourth-order valence-electron chi connectivity index (χ4n) is 6.12. The van der Waals surface area contributed by atoms with Gasteiger partial charge in [-0.3, -0.25) is 0 Å². The molecule has 5 nitrogen and oxygen atoms in total. The van der Waals surface area contributed by atoms with Crippen molar-refractivity contribution in [2.45, 2.75) is 95.4 Å². The van der Waals surface area contributed by atoms with E-state index in [-0.39, 0.29) is 29.5 Å². The van der Waals surface area contributed by atoms with Crippen molar-refractivity contribution >= 4 is 18.7 Å². The molecule has 4 unspecified atom stereocenters. The maximum absolute atomic E-state index is 7.20. The fourth-order valence-corrected chi connectivity index (χ4v) is 10.7. The van der Waals surface area contributed by atoms with Gasteiger partial charge in [0.15, 0.2) is 5.79 Å². The van der Waals surface area contributed by atoms with Gasteiger partial charge in [-0.1, -0.05) is 87.5 Å². The maximum atomic E-state index is 7.20. The Morgan fingerprint density at radius 3 is 2.06 bits per heavy atom. The molecule has 0 N–H and O–H groups in total. The first-order chi connectivity index (χ1) is 17.0. The van der Waals surface area contributed by atoms with Crippen LogP contribution in [0.2, 0.25) is 5.04 Å². The molecule has 5 rings (SSSR count). The molecular weight excluding hydrogens is 468 g/mol. The normalized spacial score (nSPS) is 31.9. The predicted octanol–water partition coefficient (Wildman–Crippen LogP) is 4.93. The third-order valence-electron chi connectivity index (χ3n) is 7.53. The van der Waals surface area contributed by atoms with Crippen LogP contribution < -0.4 is 10.4 Å². The van der Waals surface area contributed by atoms with Crippen LogP contribution in [0.1, 0.15) is 54.4 Å². The van der Waals surface area contributed by atoms with Gasteiger partial charge in [-0.05, 0) is 48.7 Å². The first-order valence-corrected chi connectivity index (χ1v) is 15.1.